The molecule has 1 aromatic rings. The van der Waals surface area contributed by atoms with Crippen molar-refractivity contribution in [2.24, 2.45) is 5.73 Å². The van der Waals surface area contributed by atoms with Gasteiger partial charge in [-0.1, -0.05) is 0 Å². The number of phenols is 1. The van der Waals surface area contributed by atoms with E-state index in [-0.39, 0.29) is 5.56 Å². The van der Waals surface area contributed by atoms with Crippen LogP contribution in [-0.4, -0.2) is 22.2 Å². The van der Waals surface area contributed by atoms with Crippen molar-refractivity contribution in [3.63, 3.8) is 0 Å². The molecule has 94 valence electrons. The molecular weight excluding hydrogens is 241 g/mol. The molecule has 5 nitrogen and oxygen atoms in total. The van der Waals surface area contributed by atoms with Crippen LogP contribution in [0.3, 0.4) is 0 Å². The van der Waals surface area contributed by atoms with Gasteiger partial charge in [0.1, 0.15) is 11.8 Å². The number of nitro benzene ring substituents is 1. The SMILES string of the molecule is NC(Cc1cc([N+](=O)[O-])ccc1O)C(F)(F)F. The number of rotatable bonds is 3. The maximum atomic E-state index is 12.2. The van der Waals surface area contributed by atoms with Crippen LogP contribution in [0.5, 0.6) is 5.75 Å². The molecule has 0 radical (unpaired) electrons. The molecule has 3 N–H and O–H groups in total. The number of non-ortho nitro benzene ring substituents is 1. The van der Waals surface area contributed by atoms with Crippen LogP contribution in [0, 0.1) is 10.1 Å². The second kappa shape index (κ2) is 4.58. The number of phenolic OH excluding ortho intramolecular Hbond substituents is 1. The zero-order chi connectivity index (χ0) is 13.2. The minimum atomic E-state index is -4.61. The van der Waals surface area contributed by atoms with Crippen molar-refractivity contribution >= 4 is 5.69 Å². The monoisotopic (exact) mass is 250 g/mol. The zero-order valence-electron chi connectivity index (χ0n) is 8.44. The Kier molecular flexibility index (Phi) is 3.56. The van der Waals surface area contributed by atoms with Crippen molar-refractivity contribution in [2.75, 3.05) is 0 Å². The summed E-state index contributed by atoms with van der Waals surface area (Å²) in [5.41, 5.74) is 4.27. The Morgan fingerprint density at radius 1 is 1.47 bits per heavy atom. The average molecular weight is 250 g/mol. The van der Waals surface area contributed by atoms with Crippen LogP contribution in [0.25, 0.3) is 0 Å². The first kappa shape index (κ1) is 13.2. The van der Waals surface area contributed by atoms with E-state index in [1.165, 1.54) is 0 Å². The van der Waals surface area contributed by atoms with Gasteiger partial charge in [0.2, 0.25) is 0 Å². The zero-order valence-corrected chi connectivity index (χ0v) is 8.44. The number of hydrogen-bond donors (Lipinski definition) is 2. The van der Waals surface area contributed by atoms with Gasteiger partial charge in [0.25, 0.3) is 5.69 Å². The standard InChI is InChI=1S/C9H9F3N2O3/c10-9(11,12)8(13)4-5-3-6(14(16)17)1-2-7(5)15/h1-3,8,15H,4,13H2. The summed E-state index contributed by atoms with van der Waals surface area (Å²) in [7, 11) is 0. The van der Waals surface area contributed by atoms with E-state index < -0.39 is 35.0 Å². The molecule has 0 aliphatic heterocycles. The van der Waals surface area contributed by atoms with E-state index in [0.29, 0.717) is 0 Å². The molecule has 8 heteroatoms. The van der Waals surface area contributed by atoms with Gasteiger partial charge in [-0.25, -0.2) is 0 Å². The molecule has 0 aromatic heterocycles. The van der Waals surface area contributed by atoms with Crippen molar-refractivity contribution in [2.45, 2.75) is 18.6 Å². The fourth-order valence-corrected chi connectivity index (χ4v) is 1.20. The Morgan fingerprint density at radius 2 is 2.06 bits per heavy atom. The highest BCUT2D eigenvalue weighted by molar-refractivity contribution is 5.43. The lowest BCUT2D eigenvalue weighted by Crippen LogP contribution is -2.39. The lowest BCUT2D eigenvalue weighted by atomic mass is 10.0. The summed E-state index contributed by atoms with van der Waals surface area (Å²) < 4.78 is 36.6. The van der Waals surface area contributed by atoms with Gasteiger partial charge in [0, 0.05) is 24.1 Å². The molecule has 0 saturated heterocycles. The largest absolute Gasteiger partial charge is 0.508 e. The van der Waals surface area contributed by atoms with E-state index in [4.69, 9.17) is 5.73 Å². The van der Waals surface area contributed by atoms with Crippen molar-refractivity contribution in [3.8, 4) is 5.75 Å². The molecule has 1 rings (SSSR count). The predicted molar refractivity (Wildman–Crippen MR) is 52.5 cm³/mol. The summed E-state index contributed by atoms with van der Waals surface area (Å²) in [5, 5.41) is 19.7. The predicted octanol–water partition coefficient (Wildman–Crippen LogP) is 1.73. The minimum Gasteiger partial charge on any atom is -0.508 e. The van der Waals surface area contributed by atoms with Crippen molar-refractivity contribution in [3.05, 3.63) is 33.9 Å². The third-order valence-electron chi connectivity index (χ3n) is 2.13. The summed E-state index contributed by atoms with van der Waals surface area (Å²) in [6, 6.07) is 0.672. The second-order valence-electron chi connectivity index (χ2n) is 3.42. The first-order valence-electron chi connectivity index (χ1n) is 4.50. The summed E-state index contributed by atoms with van der Waals surface area (Å²) in [6.07, 6.45) is -5.33. The lowest BCUT2D eigenvalue weighted by Gasteiger charge is -2.15. The van der Waals surface area contributed by atoms with E-state index in [2.05, 4.69) is 0 Å². The quantitative estimate of drug-likeness (QED) is 0.631. The lowest BCUT2D eigenvalue weighted by molar-refractivity contribution is -0.385. The molecule has 0 fully saturated rings. The van der Waals surface area contributed by atoms with Crippen LogP contribution in [0.2, 0.25) is 0 Å². The smallest absolute Gasteiger partial charge is 0.403 e. The molecule has 1 aromatic carbocycles. The Labute approximate surface area is 93.8 Å². The van der Waals surface area contributed by atoms with Crippen molar-refractivity contribution in [1.82, 2.24) is 0 Å². The second-order valence-corrected chi connectivity index (χ2v) is 3.42. The maximum absolute atomic E-state index is 12.2. The minimum absolute atomic E-state index is 0.205. The molecule has 0 amide bonds. The van der Waals surface area contributed by atoms with Gasteiger partial charge in [0.05, 0.1) is 4.92 Å². The fourth-order valence-electron chi connectivity index (χ4n) is 1.20. The van der Waals surface area contributed by atoms with Crippen LogP contribution in [0.15, 0.2) is 18.2 Å². The molecule has 0 spiro atoms. The number of halogens is 3. The van der Waals surface area contributed by atoms with E-state index >= 15 is 0 Å². The molecule has 1 atom stereocenters. The van der Waals surface area contributed by atoms with Crippen LogP contribution < -0.4 is 5.73 Å². The van der Waals surface area contributed by atoms with E-state index in [1.807, 2.05) is 0 Å². The number of alkyl halides is 3. The summed E-state index contributed by atoms with van der Waals surface area (Å²) in [5.74, 6) is -0.449. The van der Waals surface area contributed by atoms with Gasteiger partial charge in [0.15, 0.2) is 0 Å². The first-order valence-corrected chi connectivity index (χ1v) is 4.50. The Hall–Kier alpha value is -1.83. The third-order valence-corrected chi connectivity index (χ3v) is 2.13. The number of benzene rings is 1. The van der Waals surface area contributed by atoms with Crippen molar-refractivity contribution in [1.29, 1.82) is 0 Å². The molecule has 0 aliphatic rings. The average Bonchev–Trinajstić information content (AvgIpc) is 2.19. The highest BCUT2D eigenvalue weighted by atomic mass is 19.4. The van der Waals surface area contributed by atoms with Gasteiger partial charge in [-0.15, -0.1) is 0 Å². The molecule has 1 unspecified atom stereocenters. The Morgan fingerprint density at radius 3 is 2.53 bits per heavy atom. The van der Waals surface area contributed by atoms with Gasteiger partial charge in [-0.05, 0) is 6.07 Å². The summed E-state index contributed by atoms with van der Waals surface area (Å²) in [4.78, 5) is 9.66. The highest BCUT2D eigenvalue weighted by Crippen LogP contribution is 2.27. The molecule has 17 heavy (non-hydrogen) atoms. The third kappa shape index (κ3) is 3.31. The summed E-state index contributed by atoms with van der Waals surface area (Å²) >= 11 is 0. The van der Waals surface area contributed by atoms with Gasteiger partial charge >= 0.3 is 6.18 Å². The Bertz CT molecular complexity index is 434. The number of nitro groups is 1. The number of nitrogens with two attached hydrogens (primary N) is 1. The first-order chi connectivity index (χ1) is 7.71. The molecule has 0 bridgehead atoms. The topological polar surface area (TPSA) is 89.4 Å². The molecular formula is C9H9F3N2O3. The Balaban J connectivity index is 2.98. The summed E-state index contributed by atoms with van der Waals surface area (Å²) in [6.45, 7) is 0. The molecule has 0 aliphatic carbocycles. The fraction of sp³-hybridized carbons (Fsp3) is 0.333. The van der Waals surface area contributed by atoms with E-state index in [9.17, 15) is 28.4 Å². The van der Waals surface area contributed by atoms with Gasteiger partial charge in [-0.2, -0.15) is 13.2 Å². The number of nitrogens with zero attached hydrogens (tertiary/aromatic N) is 1. The van der Waals surface area contributed by atoms with Crippen LogP contribution >= 0.6 is 0 Å². The number of aromatic hydroxyl groups is 1. The van der Waals surface area contributed by atoms with Crippen LogP contribution in [0.1, 0.15) is 5.56 Å². The maximum Gasteiger partial charge on any atom is 0.403 e. The van der Waals surface area contributed by atoms with Crippen LogP contribution in [0.4, 0.5) is 18.9 Å². The van der Waals surface area contributed by atoms with Crippen molar-refractivity contribution < 1.29 is 23.2 Å². The highest BCUT2D eigenvalue weighted by Gasteiger charge is 2.37. The molecule has 0 saturated carbocycles. The van der Waals surface area contributed by atoms with Crippen LogP contribution in [-0.2, 0) is 6.42 Å². The normalized spacial score (nSPS) is 13.4. The van der Waals surface area contributed by atoms with Gasteiger partial charge < -0.3 is 10.8 Å². The molecule has 0 heterocycles. The van der Waals surface area contributed by atoms with Gasteiger partial charge in [-0.3, -0.25) is 10.1 Å². The number of hydrogen-bond acceptors (Lipinski definition) is 4. The van der Waals surface area contributed by atoms with E-state index in [0.717, 1.165) is 18.2 Å². The van der Waals surface area contributed by atoms with E-state index in [1.54, 1.807) is 0 Å².